The highest BCUT2D eigenvalue weighted by Gasteiger charge is 2.26. The van der Waals surface area contributed by atoms with Gasteiger partial charge in [-0.05, 0) is 66.3 Å². The van der Waals surface area contributed by atoms with Gasteiger partial charge in [0.25, 0.3) is 0 Å². The van der Waals surface area contributed by atoms with Gasteiger partial charge < -0.3 is 4.90 Å². The smallest absolute Gasteiger partial charge is 0.233 e. The molecule has 29 heavy (non-hydrogen) atoms. The summed E-state index contributed by atoms with van der Waals surface area (Å²) < 4.78 is 1.71. The van der Waals surface area contributed by atoms with Crippen molar-refractivity contribution in [3.63, 3.8) is 0 Å². The Morgan fingerprint density at radius 2 is 2.07 bits per heavy atom. The predicted octanol–water partition coefficient (Wildman–Crippen LogP) is 3.91. The Labute approximate surface area is 175 Å². The Morgan fingerprint density at radius 3 is 2.90 bits per heavy atom. The molecule has 1 aliphatic rings. The third-order valence-electron chi connectivity index (χ3n) is 5.54. The lowest BCUT2D eigenvalue weighted by Crippen LogP contribution is -2.34. The molecule has 0 fully saturated rings. The number of amides is 1. The van der Waals surface area contributed by atoms with Crippen LogP contribution in [0.4, 0.5) is 0 Å². The van der Waals surface area contributed by atoms with Crippen LogP contribution in [0.15, 0.2) is 47.6 Å². The number of aromatic nitrogens is 4. The average Bonchev–Trinajstić information content (AvgIpc) is 3.19. The number of fused-ring (bicyclic) bond motifs is 1. The number of aryl methyl sites for hydroxylation is 3. The van der Waals surface area contributed by atoms with E-state index in [-0.39, 0.29) is 11.9 Å². The van der Waals surface area contributed by atoms with E-state index in [0.717, 1.165) is 30.5 Å². The van der Waals surface area contributed by atoms with Gasteiger partial charge in [-0.2, -0.15) is 4.68 Å². The summed E-state index contributed by atoms with van der Waals surface area (Å²) >= 11 is 1.38. The summed E-state index contributed by atoms with van der Waals surface area (Å²) in [6, 6.07) is 14.8. The van der Waals surface area contributed by atoms with E-state index in [0.29, 0.717) is 10.9 Å². The molecule has 0 radical (unpaired) electrons. The van der Waals surface area contributed by atoms with Crippen LogP contribution in [-0.4, -0.2) is 43.8 Å². The zero-order valence-electron chi connectivity index (χ0n) is 17.0. The Morgan fingerprint density at radius 1 is 1.24 bits per heavy atom. The van der Waals surface area contributed by atoms with Gasteiger partial charge in [-0.15, -0.1) is 5.10 Å². The molecule has 1 aromatic heterocycles. The molecule has 0 bridgehead atoms. The Bertz CT molecular complexity index is 1030. The van der Waals surface area contributed by atoms with Gasteiger partial charge in [-0.3, -0.25) is 4.79 Å². The zero-order chi connectivity index (χ0) is 20.4. The number of hydrogen-bond donors (Lipinski definition) is 0. The van der Waals surface area contributed by atoms with Gasteiger partial charge in [0.2, 0.25) is 11.1 Å². The average molecular weight is 408 g/mol. The molecule has 1 atom stereocenters. The third-order valence-corrected chi connectivity index (χ3v) is 6.45. The van der Waals surface area contributed by atoms with Crippen LogP contribution in [-0.2, 0) is 11.2 Å². The van der Waals surface area contributed by atoms with E-state index in [1.54, 1.807) is 4.68 Å². The summed E-state index contributed by atoms with van der Waals surface area (Å²) in [4.78, 5) is 14.8. The summed E-state index contributed by atoms with van der Waals surface area (Å²) in [6.07, 6.45) is 3.20. The Hall–Kier alpha value is -2.67. The first-order valence-electron chi connectivity index (χ1n) is 9.87. The fourth-order valence-electron chi connectivity index (χ4n) is 4.00. The topological polar surface area (TPSA) is 63.9 Å². The number of benzene rings is 2. The molecule has 2 aromatic carbocycles. The summed E-state index contributed by atoms with van der Waals surface area (Å²) in [5.41, 5.74) is 5.86. The minimum Gasteiger partial charge on any atom is -0.338 e. The molecule has 0 spiro atoms. The van der Waals surface area contributed by atoms with Gasteiger partial charge in [0.15, 0.2) is 0 Å². The van der Waals surface area contributed by atoms with E-state index in [1.165, 1.54) is 28.5 Å². The minimum atomic E-state index is 0.0897. The molecular formula is C22H25N5OS. The number of rotatable bonds is 5. The van der Waals surface area contributed by atoms with E-state index in [1.807, 2.05) is 31.0 Å². The molecule has 1 amide bonds. The molecule has 0 N–H and O–H groups in total. The van der Waals surface area contributed by atoms with E-state index in [9.17, 15) is 4.79 Å². The first kappa shape index (κ1) is 19.6. The highest BCUT2D eigenvalue weighted by molar-refractivity contribution is 7.99. The van der Waals surface area contributed by atoms with Crippen LogP contribution in [0.5, 0.6) is 0 Å². The molecule has 0 aliphatic heterocycles. The maximum Gasteiger partial charge on any atom is 0.233 e. The fourth-order valence-corrected chi connectivity index (χ4v) is 4.80. The lowest BCUT2D eigenvalue weighted by molar-refractivity contribution is -0.129. The molecule has 1 aliphatic carbocycles. The summed E-state index contributed by atoms with van der Waals surface area (Å²) in [5, 5.41) is 12.7. The van der Waals surface area contributed by atoms with Crippen molar-refractivity contribution >= 4 is 17.7 Å². The van der Waals surface area contributed by atoms with Crippen LogP contribution >= 0.6 is 11.8 Å². The fraction of sp³-hybridized carbons (Fsp3) is 0.364. The van der Waals surface area contributed by atoms with Crippen molar-refractivity contribution in [2.75, 3.05) is 12.8 Å². The Kier molecular flexibility index (Phi) is 5.67. The first-order valence-corrected chi connectivity index (χ1v) is 10.9. The number of carbonyl (C=O) groups excluding carboxylic acids is 1. The van der Waals surface area contributed by atoms with Crippen LogP contribution in [0.3, 0.4) is 0 Å². The van der Waals surface area contributed by atoms with Crippen molar-refractivity contribution < 1.29 is 4.79 Å². The standard InChI is InChI=1S/C22H25N5OS/c1-15-11-12-19(16(2)13-15)27-22(23-24-25-27)29-14-21(28)26(3)20-10-6-8-17-7-4-5-9-18(17)20/h4-5,7,9,11-13,20H,6,8,10,14H2,1-3H3. The molecular weight excluding hydrogens is 382 g/mol. The molecule has 4 rings (SSSR count). The molecule has 7 heteroatoms. The quantitative estimate of drug-likeness (QED) is 0.600. The number of thioether (sulfide) groups is 1. The molecule has 1 heterocycles. The number of hydrogen-bond acceptors (Lipinski definition) is 5. The van der Waals surface area contributed by atoms with Crippen LogP contribution in [0, 0.1) is 13.8 Å². The SMILES string of the molecule is Cc1ccc(-n2nnnc2SCC(=O)N(C)C2CCCc3ccccc32)c(C)c1. The summed E-state index contributed by atoms with van der Waals surface area (Å²) in [5.74, 6) is 0.396. The van der Waals surface area contributed by atoms with E-state index in [2.05, 4.69) is 52.8 Å². The number of carbonyl (C=O) groups is 1. The summed E-state index contributed by atoms with van der Waals surface area (Å²) in [6.45, 7) is 4.10. The molecule has 3 aromatic rings. The van der Waals surface area contributed by atoms with E-state index < -0.39 is 0 Å². The minimum absolute atomic E-state index is 0.0897. The number of nitrogens with zero attached hydrogens (tertiary/aromatic N) is 5. The lowest BCUT2D eigenvalue weighted by Gasteiger charge is -2.33. The third kappa shape index (κ3) is 4.05. The summed E-state index contributed by atoms with van der Waals surface area (Å²) in [7, 11) is 1.91. The van der Waals surface area contributed by atoms with Gasteiger partial charge >= 0.3 is 0 Å². The largest absolute Gasteiger partial charge is 0.338 e. The van der Waals surface area contributed by atoms with Crippen LogP contribution in [0.2, 0.25) is 0 Å². The van der Waals surface area contributed by atoms with Crippen molar-refractivity contribution in [2.24, 2.45) is 0 Å². The monoisotopic (exact) mass is 407 g/mol. The molecule has 0 saturated heterocycles. The van der Waals surface area contributed by atoms with Gasteiger partial charge in [0.05, 0.1) is 17.5 Å². The molecule has 0 saturated carbocycles. The van der Waals surface area contributed by atoms with Gasteiger partial charge in [0.1, 0.15) is 0 Å². The van der Waals surface area contributed by atoms with E-state index in [4.69, 9.17) is 0 Å². The van der Waals surface area contributed by atoms with Gasteiger partial charge in [0, 0.05) is 7.05 Å². The number of tetrazole rings is 1. The predicted molar refractivity (Wildman–Crippen MR) is 114 cm³/mol. The zero-order valence-corrected chi connectivity index (χ0v) is 17.8. The lowest BCUT2D eigenvalue weighted by atomic mass is 9.87. The van der Waals surface area contributed by atoms with Crippen molar-refractivity contribution in [3.05, 3.63) is 64.7 Å². The van der Waals surface area contributed by atoms with Crippen molar-refractivity contribution in [3.8, 4) is 5.69 Å². The second-order valence-electron chi connectivity index (χ2n) is 7.56. The highest BCUT2D eigenvalue weighted by Crippen LogP contribution is 2.34. The normalized spacial score (nSPS) is 15.8. The first-order chi connectivity index (χ1) is 14.0. The maximum absolute atomic E-state index is 12.9. The van der Waals surface area contributed by atoms with Crippen LogP contribution < -0.4 is 0 Å². The second kappa shape index (κ2) is 8.37. The van der Waals surface area contributed by atoms with Crippen molar-refractivity contribution in [1.82, 2.24) is 25.1 Å². The molecule has 1 unspecified atom stereocenters. The Balaban J connectivity index is 1.47. The van der Waals surface area contributed by atoms with Gasteiger partial charge in [-0.25, -0.2) is 0 Å². The highest BCUT2D eigenvalue weighted by atomic mass is 32.2. The molecule has 6 nitrogen and oxygen atoms in total. The van der Waals surface area contributed by atoms with E-state index >= 15 is 0 Å². The van der Waals surface area contributed by atoms with Crippen LogP contribution in [0.1, 0.15) is 41.1 Å². The molecule has 150 valence electrons. The second-order valence-corrected chi connectivity index (χ2v) is 8.51. The van der Waals surface area contributed by atoms with Crippen molar-refractivity contribution in [2.45, 2.75) is 44.3 Å². The van der Waals surface area contributed by atoms with Gasteiger partial charge in [-0.1, -0.05) is 53.7 Å². The van der Waals surface area contributed by atoms with Crippen LogP contribution in [0.25, 0.3) is 5.69 Å². The van der Waals surface area contributed by atoms with Crippen molar-refractivity contribution in [1.29, 1.82) is 0 Å². The maximum atomic E-state index is 12.9.